The number of nitrogens with one attached hydrogen (secondary N) is 1. The van der Waals surface area contributed by atoms with Crippen molar-refractivity contribution in [1.82, 2.24) is 5.32 Å². The van der Waals surface area contributed by atoms with E-state index in [1.165, 1.54) is 6.08 Å². The zero-order valence-electron chi connectivity index (χ0n) is 15.5. The standard InChI is InChI=1S/C21H13Br2IN2O4/c1-3-6-30-18-16(23)9-12(10-17(18)24)8-14-19(27)25-21(29)26(20(14)28)13-4-5-15(22)11(2)7-13/h1,4-5,7-10H,6H2,2H3,(H,25,27,29)/b14-8+. The molecule has 6 nitrogen and oxygen atoms in total. The number of rotatable bonds is 4. The fraction of sp³-hybridized carbons (Fsp3) is 0.0952. The number of imide groups is 2. The second kappa shape index (κ2) is 9.32. The number of ether oxygens (including phenoxy) is 1. The van der Waals surface area contributed by atoms with Crippen molar-refractivity contribution in [2.75, 3.05) is 11.5 Å². The maximum atomic E-state index is 13.0. The zero-order chi connectivity index (χ0) is 22.0. The van der Waals surface area contributed by atoms with Gasteiger partial charge in [-0.05, 0) is 93.0 Å². The first-order chi connectivity index (χ1) is 14.2. The summed E-state index contributed by atoms with van der Waals surface area (Å²) in [6.45, 7) is 1.95. The molecular weight excluding hydrogens is 631 g/mol. The lowest BCUT2D eigenvalue weighted by atomic mass is 10.1. The summed E-state index contributed by atoms with van der Waals surface area (Å²) in [5.74, 6) is 1.51. The van der Waals surface area contributed by atoms with Gasteiger partial charge in [-0.15, -0.1) is 6.42 Å². The van der Waals surface area contributed by atoms with Crippen LogP contribution in [0.1, 0.15) is 11.1 Å². The van der Waals surface area contributed by atoms with Gasteiger partial charge in [0.2, 0.25) is 0 Å². The van der Waals surface area contributed by atoms with Crippen molar-refractivity contribution in [2.24, 2.45) is 0 Å². The van der Waals surface area contributed by atoms with E-state index in [9.17, 15) is 14.4 Å². The number of anilines is 1. The molecule has 1 N–H and O–H groups in total. The van der Waals surface area contributed by atoms with Crippen LogP contribution in [0.2, 0.25) is 0 Å². The van der Waals surface area contributed by atoms with Crippen LogP contribution < -0.4 is 15.0 Å². The van der Waals surface area contributed by atoms with Crippen LogP contribution in [0.25, 0.3) is 6.08 Å². The summed E-state index contributed by atoms with van der Waals surface area (Å²) in [5, 5.41) is 2.22. The first-order valence-electron chi connectivity index (χ1n) is 8.46. The number of urea groups is 1. The SMILES string of the molecule is C#CCOc1c(Br)cc(/C=C2\C(=O)NC(=O)N(c3ccc(Br)c(C)c3)C2=O)cc1I. The molecule has 0 aliphatic carbocycles. The quantitative estimate of drug-likeness (QED) is 0.225. The number of hydrogen-bond donors (Lipinski definition) is 1. The third kappa shape index (κ3) is 4.61. The Morgan fingerprint density at radius 1 is 1.20 bits per heavy atom. The lowest BCUT2D eigenvalue weighted by molar-refractivity contribution is -0.122. The van der Waals surface area contributed by atoms with Gasteiger partial charge in [-0.2, -0.15) is 0 Å². The Labute approximate surface area is 203 Å². The molecule has 30 heavy (non-hydrogen) atoms. The van der Waals surface area contributed by atoms with Gasteiger partial charge in [0, 0.05) is 4.47 Å². The molecule has 2 aromatic rings. The molecule has 1 saturated heterocycles. The molecule has 0 spiro atoms. The van der Waals surface area contributed by atoms with Crippen LogP contribution in [0.5, 0.6) is 5.75 Å². The Balaban J connectivity index is 2.00. The molecular formula is C21H13Br2IN2O4. The van der Waals surface area contributed by atoms with Gasteiger partial charge >= 0.3 is 6.03 Å². The van der Waals surface area contributed by atoms with Crippen LogP contribution in [0.15, 0.2) is 44.9 Å². The zero-order valence-corrected chi connectivity index (χ0v) is 20.8. The van der Waals surface area contributed by atoms with Crippen LogP contribution >= 0.6 is 54.5 Å². The topological polar surface area (TPSA) is 75.7 Å². The molecule has 0 radical (unpaired) electrons. The number of amides is 4. The molecule has 1 aliphatic heterocycles. The van der Waals surface area contributed by atoms with Gasteiger partial charge in [-0.1, -0.05) is 21.9 Å². The average Bonchev–Trinajstić information content (AvgIpc) is 2.67. The lowest BCUT2D eigenvalue weighted by Gasteiger charge is -2.26. The minimum Gasteiger partial charge on any atom is -0.479 e. The summed E-state index contributed by atoms with van der Waals surface area (Å²) in [5.41, 5.74) is 1.64. The smallest absolute Gasteiger partial charge is 0.335 e. The molecule has 0 atom stereocenters. The Hall–Kier alpha value is -2.16. The second-order valence-electron chi connectivity index (χ2n) is 6.20. The highest BCUT2D eigenvalue weighted by atomic mass is 127. The molecule has 9 heteroatoms. The van der Waals surface area contributed by atoms with Gasteiger partial charge < -0.3 is 4.74 Å². The van der Waals surface area contributed by atoms with Gasteiger partial charge in [0.05, 0.1) is 13.7 Å². The van der Waals surface area contributed by atoms with Crippen molar-refractivity contribution in [3.05, 3.63) is 59.5 Å². The summed E-state index contributed by atoms with van der Waals surface area (Å²) >= 11 is 8.87. The van der Waals surface area contributed by atoms with E-state index < -0.39 is 17.8 Å². The summed E-state index contributed by atoms with van der Waals surface area (Å²) in [7, 11) is 0. The third-order valence-corrected chi connectivity index (χ3v) is 6.41. The largest absolute Gasteiger partial charge is 0.479 e. The molecule has 0 unspecified atom stereocenters. The van der Waals surface area contributed by atoms with Crippen molar-refractivity contribution in [1.29, 1.82) is 0 Å². The van der Waals surface area contributed by atoms with E-state index in [1.54, 1.807) is 30.3 Å². The highest BCUT2D eigenvalue weighted by Crippen LogP contribution is 2.33. The van der Waals surface area contributed by atoms with Gasteiger partial charge in [-0.3, -0.25) is 14.9 Å². The normalized spacial score (nSPS) is 15.2. The van der Waals surface area contributed by atoms with Crippen molar-refractivity contribution in [3.63, 3.8) is 0 Å². The van der Waals surface area contributed by atoms with E-state index in [0.29, 0.717) is 21.5 Å². The number of halogens is 3. The maximum Gasteiger partial charge on any atom is 0.335 e. The second-order valence-corrected chi connectivity index (χ2v) is 9.07. The Morgan fingerprint density at radius 3 is 2.57 bits per heavy atom. The van der Waals surface area contributed by atoms with Crippen LogP contribution in [-0.4, -0.2) is 24.5 Å². The van der Waals surface area contributed by atoms with Crippen LogP contribution in [0.4, 0.5) is 10.5 Å². The number of terminal acetylenes is 1. The number of carbonyl (C=O) groups is 3. The monoisotopic (exact) mass is 642 g/mol. The number of hydrogen-bond acceptors (Lipinski definition) is 4. The molecule has 2 aromatic carbocycles. The number of benzene rings is 2. The van der Waals surface area contributed by atoms with E-state index in [1.807, 2.05) is 6.92 Å². The predicted molar refractivity (Wildman–Crippen MR) is 129 cm³/mol. The average molecular weight is 644 g/mol. The number of carbonyl (C=O) groups excluding carboxylic acids is 3. The van der Waals surface area contributed by atoms with E-state index in [-0.39, 0.29) is 12.2 Å². The van der Waals surface area contributed by atoms with Crippen molar-refractivity contribution in [3.8, 4) is 18.1 Å². The summed E-state index contributed by atoms with van der Waals surface area (Å²) < 4.78 is 7.70. The molecule has 1 fully saturated rings. The lowest BCUT2D eigenvalue weighted by Crippen LogP contribution is -2.54. The summed E-state index contributed by atoms with van der Waals surface area (Å²) in [6, 6.07) is 7.70. The Bertz CT molecular complexity index is 1130. The van der Waals surface area contributed by atoms with E-state index in [0.717, 1.165) is 18.5 Å². The van der Waals surface area contributed by atoms with Gasteiger partial charge in [-0.25, -0.2) is 9.69 Å². The van der Waals surface area contributed by atoms with Crippen LogP contribution in [0, 0.1) is 22.8 Å². The van der Waals surface area contributed by atoms with Gasteiger partial charge in [0.25, 0.3) is 11.8 Å². The molecule has 1 aliphatic rings. The maximum absolute atomic E-state index is 13.0. The molecule has 4 amide bonds. The number of aryl methyl sites for hydroxylation is 1. The highest BCUT2D eigenvalue weighted by molar-refractivity contribution is 14.1. The molecule has 0 aromatic heterocycles. The first-order valence-corrected chi connectivity index (χ1v) is 11.1. The van der Waals surface area contributed by atoms with Gasteiger partial charge in [0.15, 0.2) is 0 Å². The Kier molecular flexibility index (Phi) is 7.00. The predicted octanol–water partition coefficient (Wildman–Crippen LogP) is 4.80. The Morgan fingerprint density at radius 2 is 1.93 bits per heavy atom. The summed E-state index contributed by atoms with van der Waals surface area (Å²) in [6.07, 6.45) is 6.66. The van der Waals surface area contributed by atoms with Crippen molar-refractivity contribution in [2.45, 2.75) is 6.92 Å². The fourth-order valence-corrected chi connectivity index (χ4v) is 4.76. The van der Waals surface area contributed by atoms with Gasteiger partial charge in [0.1, 0.15) is 17.9 Å². The van der Waals surface area contributed by atoms with Crippen LogP contribution in [-0.2, 0) is 9.59 Å². The van der Waals surface area contributed by atoms with E-state index in [2.05, 4.69) is 65.7 Å². The first kappa shape index (κ1) is 22.5. The molecule has 152 valence electrons. The third-order valence-electron chi connectivity index (χ3n) is 4.13. The fourth-order valence-electron chi connectivity index (χ4n) is 2.74. The minimum absolute atomic E-state index is 0.111. The van der Waals surface area contributed by atoms with Crippen molar-refractivity contribution >= 4 is 84.1 Å². The highest BCUT2D eigenvalue weighted by Gasteiger charge is 2.37. The molecule has 0 saturated carbocycles. The minimum atomic E-state index is -0.794. The summed E-state index contributed by atoms with van der Waals surface area (Å²) in [4.78, 5) is 38.7. The van der Waals surface area contributed by atoms with E-state index in [4.69, 9.17) is 11.2 Å². The number of nitrogens with zero attached hydrogens (tertiary/aromatic N) is 1. The van der Waals surface area contributed by atoms with Crippen LogP contribution in [0.3, 0.4) is 0 Å². The number of barbiturate groups is 1. The van der Waals surface area contributed by atoms with E-state index >= 15 is 0 Å². The molecule has 1 heterocycles. The molecule has 3 rings (SSSR count). The molecule has 0 bridgehead atoms. The van der Waals surface area contributed by atoms with Crippen molar-refractivity contribution < 1.29 is 19.1 Å².